The van der Waals surface area contributed by atoms with Crippen molar-refractivity contribution >= 4 is 23.8 Å². The summed E-state index contributed by atoms with van der Waals surface area (Å²) in [4.78, 5) is 45.3. The van der Waals surface area contributed by atoms with Crippen molar-refractivity contribution in [3.8, 4) is 0 Å². The Morgan fingerprint density at radius 3 is 1.87 bits per heavy atom. The minimum atomic E-state index is -1.45. The standard InChI is InChI=1S/C14H20N2O7/c1-7(2)13(20)22-5-9(15)11(17)16-10(12(18)19)6-23-14(21)8(3)4/h9-10H,1,3,5-6,15H2,2,4H3,(H,16,17)(H,18,19)/p+1/t9-,10-/m0/s1. The summed E-state index contributed by atoms with van der Waals surface area (Å²) in [5.74, 6) is -3.61. The molecule has 0 aromatic rings. The van der Waals surface area contributed by atoms with Crippen molar-refractivity contribution in [3.63, 3.8) is 0 Å². The third-order valence-corrected chi connectivity index (χ3v) is 2.48. The summed E-state index contributed by atoms with van der Waals surface area (Å²) in [6.45, 7) is 8.66. The molecule has 0 rings (SSSR count). The van der Waals surface area contributed by atoms with E-state index in [1.54, 1.807) is 0 Å². The van der Waals surface area contributed by atoms with E-state index in [0.717, 1.165) is 0 Å². The van der Waals surface area contributed by atoms with E-state index in [0.29, 0.717) is 0 Å². The maximum Gasteiger partial charge on any atom is 0.333 e. The van der Waals surface area contributed by atoms with E-state index in [2.05, 4.69) is 28.9 Å². The van der Waals surface area contributed by atoms with E-state index >= 15 is 0 Å². The highest BCUT2D eigenvalue weighted by molar-refractivity contribution is 5.89. The van der Waals surface area contributed by atoms with E-state index in [9.17, 15) is 19.2 Å². The molecule has 0 aromatic heterocycles. The molecule has 23 heavy (non-hydrogen) atoms. The van der Waals surface area contributed by atoms with Crippen molar-refractivity contribution in [2.75, 3.05) is 13.2 Å². The molecule has 0 unspecified atom stereocenters. The summed E-state index contributed by atoms with van der Waals surface area (Å²) < 4.78 is 9.44. The smallest absolute Gasteiger partial charge is 0.333 e. The average molecular weight is 329 g/mol. The Labute approximate surface area is 133 Å². The number of carbonyl (C=O) groups excluding carboxylic acids is 3. The Morgan fingerprint density at radius 2 is 1.48 bits per heavy atom. The van der Waals surface area contributed by atoms with Gasteiger partial charge in [-0.3, -0.25) is 4.79 Å². The van der Waals surface area contributed by atoms with Gasteiger partial charge in [0, 0.05) is 11.1 Å². The van der Waals surface area contributed by atoms with Gasteiger partial charge in [-0.15, -0.1) is 0 Å². The van der Waals surface area contributed by atoms with Crippen LogP contribution >= 0.6 is 0 Å². The number of amides is 1. The second-order valence-electron chi connectivity index (χ2n) is 4.85. The zero-order valence-corrected chi connectivity index (χ0v) is 13.1. The van der Waals surface area contributed by atoms with Crippen molar-refractivity contribution in [1.29, 1.82) is 0 Å². The number of carbonyl (C=O) groups is 4. The molecule has 9 heteroatoms. The number of ether oxygens (including phenoxy) is 2. The van der Waals surface area contributed by atoms with Crippen LogP contribution in [0.15, 0.2) is 24.3 Å². The Morgan fingerprint density at radius 1 is 1.04 bits per heavy atom. The fourth-order valence-corrected chi connectivity index (χ4v) is 1.12. The summed E-state index contributed by atoms with van der Waals surface area (Å²) in [5, 5.41) is 11.1. The number of rotatable bonds is 9. The minimum Gasteiger partial charge on any atom is -0.480 e. The maximum absolute atomic E-state index is 11.8. The van der Waals surface area contributed by atoms with E-state index in [1.807, 2.05) is 0 Å². The molecule has 1 amide bonds. The quantitative estimate of drug-likeness (QED) is 0.341. The van der Waals surface area contributed by atoms with Crippen molar-refractivity contribution in [2.24, 2.45) is 0 Å². The molecule has 0 saturated heterocycles. The summed E-state index contributed by atoms with van der Waals surface area (Å²) in [6.07, 6.45) is 0. The fraction of sp³-hybridized carbons (Fsp3) is 0.429. The number of nitrogens with one attached hydrogen (secondary N) is 1. The first-order chi connectivity index (χ1) is 10.6. The van der Waals surface area contributed by atoms with Gasteiger partial charge in [0.2, 0.25) is 0 Å². The van der Waals surface area contributed by atoms with Gasteiger partial charge in [0.25, 0.3) is 5.91 Å². The molecule has 5 N–H and O–H groups in total. The van der Waals surface area contributed by atoms with Crippen LogP contribution in [0.1, 0.15) is 13.8 Å². The summed E-state index contributed by atoms with van der Waals surface area (Å²) in [6, 6.07) is -2.48. The largest absolute Gasteiger partial charge is 0.480 e. The van der Waals surface area contributed by atoms with Crippen LogP contribution < -0.4 is 11.1 Å². The molecule has 9 nitrogen and oxygen atoms in total. The van der Waals surface area contributed by atoms with Gasteiger partial charge in [0.05, 0.1) is 0 Å². The highest BCUT2D eigenvalue weighted by atomic mass is 16.5. The fourth-order valence-electron chi connectivity index (χ4n) is 1.12. The SMILES string of the molecule is C=C(C)C(=O)OC[C@H](NC(=O)[C@@H]([NH3+])COC(=O)C(=C)C)C(=O)O. The third-order valence-electron chi connectivity index (χ3n) is 2.48. The second kappa shape index (κ2) is 9.36. The maximum atomic E-state index is 11.8. The molecule has 0 aromatic carbocycles. The zero-order chi connectivity index (χ0) is 18.2. The molecule has 2 atom stereocenters. The predicted octanol–water partition coefficient (Wildman–Crippen LogP) is -1.60. The molecular formula is C14H21N2O7+. The lowest BCUT2D eigenvalue weighted by Crippen LogP contribution is -2.70. The van der Waals surface area contributed by atoms with Gasteiger partial charge < -0.3 is 25.6 Å². The van der Waals surface area contributed by atoms with Gasteiger partial charge in [-0.25, -0.2) is 14.4 Å². The number of carboxylic acids is 1. The Kier molecular flexibility index (Phi) is 8.27. The van der Waals surface area contributed by atoms with Crippen LogP contribution in [0.2, 0.25) is 0 Å². The minimum absolute atomic E-state index is 0.0993. The lowest BCUT2D eigenvalue weighted by molar-refractivity contribution is -0.409. The molecule has 0 fully saturated rings. The normalized spacial score (nSPS) is 12.5. The Bertz CT molecular complexity index is 527. The first kappa shape index (κ1) is 20.3. The van der Waals surface area contributed by atoms with Crippen molar-refractivity contribution < 1.29 is 39.5 Å². The number of aliphatic carboxylic acids is 1. The molecule has 0 bridgehead atoms. The van der Waals surface area contributed by atoms with Crippen LogP contribution in [0.25, 0.3) is 0 Å². The van der Waals surface area contributed by atoms with Gasteiger partial charge in [-0.05, 0) is 13.8 Å². The monoisotopic (exact) mass is 329 g/mol. The molecule has 0 aliphatic carbocycles. The van der Waals surface area contributed by atoms with Gasteiger partial charge in [0.15, 0.2) is 18.7 Å². The molecule has 128 valence electrons. The molecule has 0 aliphatic heterocycles. The number of carboxylic acid groups (broad SMARTS) is 1. The van der Waals surface area contributed by atoms with Crippen molar-refractivity contribution in [1.82, 2.24) is 5.32 Å². The highest BCUT2D eigenvalue weighted by Crippen LogP contribution is 1.96. The molecule has 0 aliphatic rings. The third kappa shape index (κ3) is 7.77. The number of esters is 2. The summed E-state index contributed by atoms with van der Waals surface area (Å²) >= 11 is 0. The van der Waals surface area contributed by atoms with E-state index in [-0.39, 0.29) is 17.8 Å². The lowest BCUT2D eigenvalue weighted by Gasteiger charge is -2.16. The van der Waals surface area contributed by atoms with Crippen LogP contribution in [-0.2, 0) is 28.7 Å². The second-order valence-corrected chi connectivity index (χ2v) is 4.85. The molecule has 0 spiro atoms. The molecule has 0 saturated carbocycles. The van der Waals surface area contributed by atoms with Crippen molar-refractivity contribution in [2.45, 2.75) is 25.9 Å². The van der Waals surface area contributed by atoms with Crippen molar-refractivity contribution in [3.05, 3.63) is 24.3 Å². The Balaban J connectivity index is 4.51. The molecular weight excluding hydrogens is 308 g/mol. The molecule has 0 radical (unpaired) electrons. The van der Waals surface area contributed by atoms with Gasteiger partial charge >= 0.3 is 17.9 Å². The summed E-state index contributed by atoms with van der Waals surface area (Å²) in [7, 11) is 0. The number of hydrogen-bond donors (Lipinski definition) is 3. The van der Waals surface area contributed by atoms with Gasteiger partial charge in [0.1, 0.15) is 6.61 Å². The average Bonchev–Trinajstić information content (AvgIpc) is 2.47. The van der Waals surface area contributed by atoms with Crippen LogP contribution in [0.3, 0.4) is 0 Å². The van der Waals surface area contributed by atoms with E-state index < -0.39 is 42.5 Å². The van der Waals surface area contributed by atoms with Gasteiger partial charge in [-0.2, -0.15) is 0 Å². The van der Waals surface area contributed by atoms with E-state index in [4.69, 9.17) is 9.84 Å². The van der Waals surface area contributed by atoms with Crippen LogP contribution in [0, 0.1) is 0 Å². The Hall–Kier alpha value is -2.68. The number of quaternary nitrogens is 1. The zero-order valence-electron chi connectivity index (χ0n) is 13.1. The van der Waals surface area contributed by atoms with Gasteiger partial charge in [-0.1, -0.05) is 13.2 Å². The summed E-state index contributed by atoms with van der Waals surface area (Å²) in [5.41, 5.74) is 3.73. The first-order valence-corrected chi connectivity index (χ1v) is 6.57. The van der Waals surface area contributed by atoms with E-state index in [1.165, 1.54) is 13.8 Å². The van der Waals surface area contributed by atoms with Crippen LogP contribution in [0.4, 0.5) is 0 Å². The molecule has 0 heterocycles. The number of hydrogen-bond acceptors (Lipinski definition) is 6. The first-order valence-electron chi connectivity index (χ1n) is 6.57. The van der Waals surface area contributed by atoms with Crippen LogP contribution in [-0.4, -0.2) is 54.2 Å². The topological polar surface area (TPSA) is 147 Å². The predicted molar refractivity (Wildman–Crippen MR) is 77.8 cm³/mol. The lowest BCUT2D eigenvalue weighted by atomic mass is 10.2. The van der Waals surface area contributed by atoms with Crippen LogP contribution in [0.5, 0.6) is 0 Å². The highest BCUT2D eigenvalue weighted by Gasteiger charge is 2.27.